The Balaban J connectivity index is 1.67. The molecule has 0 spiro atoms. The van der Waals surface area contributed by atoms with Crippen molar-refractivity contribution < 1.29 is 14.3 Å². The van der Waals surface area contributed by atoms with Crippen LogP contribution in [0.2, 0.25) is 0 Å². The van der Waals surface area contributed by atoms with E-state index in [1.54, 1.807) is 31.2 Å². The van der Waals surface area contributed by atoms with Crippen LogP contribution in [0.1, 0.15) is 49.8 Å². The van der Waals surface area contributed by atoms with Crippen molar-refractivity contribution in [2.24, 2.45) is 0 Å². The molecule has 1 saturated carbocycles. The summed E-state index contributed by atoms with van der Waals surface area (Å²) in [6, 6.07) is 13.5. The number of anilines is 1. The zero-order valence-corrected chi connectivity index (χ0v) is 16.0. The molecule has 1 heterocycles. The van der Waals surface area contributed by atoms with Gasteiger partial charge in [0, 0.05) is 12.1 Å². The minimum Gasteiger partial charge on any atom is -0.385 e. The number of nitrogens with zero attached hydrogens (tertiary/aromatic N) is 3. The minimum absolute atomic E-state index is 0.0995. The Bertz CT molecular complexity index is 1110. The average molecular weight is 392 g/mol. The number of rotatable bonds is 5. The number of carbonyl (C=O) groups excluding carboxylic acids is 1. The minimum atomic E-state index is -1.34. The lowest BCUT2D eigenvalue weighted by molar-refractivity contribution is -0.120. The van der Waals surface area contributed by atoms with Crippen molar-refractivity contribution in [2.75, 3.05) is 5.32 Å². The Morgan fingerprint density at radius 3 is 2.72 bits per heavy atom. The molecule has 7 heteroatoms. The Kier molecular flexibility index (Phi) is 4.81. The molecule has 1 aromatic heterocycles. The van der Waals surface area contributed by atoms with Gasteiger partial charge in [-0.1, -0.05) is 30.3 Å². The van der Waals surface area contributed by atoms with Crippen molar-refractivity contribution in [2.45, 2.75) is 44.2 Å². The molecule has 29 heavy (non-hydrogen) atoms. The first kappa shape index (κ1) is 19.1. The van der Waals surface area contributed by atoms with Crippen molar-refractivity contribution in [1.29, 1.82) is 5.26 Å². The van der Waals surface area contributed by atoms with Gasteiger partial charge < -0.3 is 9.67 Å². The standard InChI is InChI=1S/C22H21FN4O2/c1-22(29,15-6-3-2-4-7-15)12-19(28)26-21-25-18-11-16(23)10-14(13-24)20(18)27(21)17-8-5-9-17/h2-4,6-7,10-11,17,29H,5,8-9,12H2,1H3,(H,25,26,28). The number of hydrogen-bond acceptors (Lipinski definition) is 4. The molecular formula is C22H21FN4O2. The summed E-state index contributed by atoms with van der Waals surface area (Å²) in [6.07, 6.45) is 2.69. The summed E-state index contributed by atoms with van der Waals surface area (Å²) >= 11 is 0. The van der Waals surface area contributed by atoms with E-state index in [2.05, 4.69) is 10.3 Å². The summed E-state index contributed by atoms with van der Waals surface area (Å²) in [5.74, 6) is -0.674. The third-order valence-electron chi connectivity index (χ3n) is 5.46. The summed E-state index contributed by atoms with van der Waals surface area (Å²) in [5.41, 5.74) is 0.345. The maximum atomic E-state index is 13.9. The van der Waals surface area contributed by atoms with Gasteiger partial charge in [0.2, 0.25) is 11.9 Å². The largest absolute Gasteiger partial charge is 0.385 e. The Labute approximate surface area is 167 Å². The number of fused-ring (bicyclic) bond motifs is 1. The Morgan fingerprint density at radius 1 is 1.38 bits per heavy atom. The fourth-order valence-electron chi connectivity index (χ4n) is 3.75. The molecular weight excluding hydrogens is 371 g/mol. The molecule has 2 N–H and O–H groups in total. The molecule has 1 aliphatic rings. The number of hydrogen-bond donors (Lipinski definition) is 2. The predicted octanol–water partition coefficient (Wildman–Crippen LogP) is 4.01. The molecule has 0 saturated heterocycles. The van der Waals surface area contributed by atoms with E-state index in [4.69, 9.17) is 0 Å². The topological polar surface area (TPSA) is 90.9 Å². The number of aromatic nitrogens is 2. The maximum absolute atomic E-state index is 13.9. The molecule has 1 fully saturated rings. The molecule has 1 amide bonds. The third-order valence-corrected chi connectivity index (χ3v) is 5.46. The number of amides is 1. The van der Waals surface area contributed by atoms with E-state index in [-0.39, 0.29) is 24.0 Å². The van der Waals surface area contributed by atoms with Gasteiger partial charge in [-0.25, -0.2) is 9.37 Å². The van der Waals surface area contributed by atoms with Crippen LogP contribution in [0.25, 0.3) is 11.0 Å². The van der Waals surface area contributed by atoms with E-state index in [1.165, 1.54) is 12.1 Å². The molecule has 6 nitrogen and oxygen atoms in total. The zero-order chi connectivity index (χ0) is 20.6. The monoisotopic (exact) mass is 392 g/mol. The highest BCUT2D eigenvalue weighted by Gasteiger charge is 2.30. The summed E-state index contributed by atoms with van der Waals surface area (Å²) in [6.45, 7) is 1.58. The van der Waals surface area contributed by atoms with Crippen molar-refractivity contribution >= 4 is 22.9 Å². The van der Waals surface area contributed by atoms with E-state index < -0.39 is 17.3 Å². The van der Waals surface area contributed by atoms with Crippen molar-refractivity contribution in [3.05, 3.63) is 59.4 Å². The summed E-state index contributed by atoms with van der Waals surface area (Å²) in [4.78, 5) is 17.1. The molecule has 1 aliphatic carbocycles. The van der Waals surface area contributed by atoms with Crippen LogP contribution in [0, 0.1) is 17.1 Å². The van der Waals surface area contributed by atoms with E-state index in [1.807, 2.05) is 16.7 Å². The first-order valence-corrected chi connectivity index (χ1v) is 9.58. The van der Waals surface area contributed by atoms with Crippen molar-refractivity contribution in [3.63, 3.8) is 0 Å². The number of halogens is 1. The van der Waals surface area contributed by atoms with Gasteiger partial charge in [0.25, 0.3) is 0 Å². The number of aliphatic hydroxyl groups is 1. The normalized spacial score (nSPS) is 16.1. The van der Waals surface area contributed by atoms with Gasteiger partial charge in [-0.15, -0.1) is 0 Å². The van der Waals surface area contributed by atoms with Crippen LogP contribution in [0.3, 0.4) is 0 Å². The van der Waals surface area contributed by atoms with Gasteiger partial charge in [0.1, 0.15) is 11.9 Å². The number of imidazole rings is 1. The van der Waals surface area contributed by atoms with Crippen molar-refractivity contribution in [1.82, 2.24) is 9.55 Å². The molecule has 0 bridgehead atoms. The average Bonchev–Trinajstić information content (AvgIpc) is 2.97. The molecule has 2 aromatic carbocycles. The third kappa shape index (κ3) is 3.59. The second-order valence-corrected chi connectivity index (χ2v) is 7.69. The lowest BCUT2D eigenvalue weighted by Crippen LogP contribution is -2.30. The summed E-state index contributed by atoms with van der Waals surface area (Å²) < 4.78 is 15.7. The van der Waals surface area contributed by atoms with Crippen LogP contribution in [-0.2, 0) is 10.4 Å². The van der Waals surface area contributed by atoms with E-state index in [0.29, 0.717) is 16.6 Å². The molecule has 3 aromatic rings. The number of nitrogens with one attached hydrogen (secondary N) is 1. The van der Waals surface area contributed by atoms with Crippen LogP contribution in [0.15, 0.2) is 42.5 Å². The molecule has 1 atom stereocenters. The first-order chi connectivity index (χ1) is 13.9. The predicted molar refractivity (Wildman–Crippen MR) is 107 cm³/mol. The summed E-state index contributed by atoms with van der Waals surface area (Å²) in [7, 11) is 0. The highest BCUT2D eigenvalue weighted by atomic mass is 19.1. The zero-order valence-electron chi connectivity index (χ0n) is 16.0. The van der Waals surface area contributed by atoms with Gasteiger partial charge in [-0.3, -0.25) is 10.1 Å². The van der Waals surface area contributed by atoms with Gasteiger partial charge in [-0.2, -0.15) is 5.26 Å². The van der Waals surface area contributed by atoms with E-state index in [0.717, 1.165) is 19.3 Å². The molecule has 0 radical (unpaired) electrons. The second kappa shape index (κ2) is 7.30. The van der Waals surface area contributed by atoms with E-state index >= 15 is 0 Å². The van der Waals surface area contributed by atoms with Gasteiger partial charge >= 0.3 is 0 Å². The quantitative estimate of drug-likeness (QED) is 0.686. The fourth-order valence-corrected chi connectivity index (χ4v) is 3.75. The Morgan fingerprint density at radius 2 is 2.10 bits per heavy atom. The van der Waals surface area contributed by atoms with Crippen LogP contribution in [0.5, 0.6) is 0 Å². The summed E-state index contributed by atoms with van der Waals surface area (Å²) in [5, 5.41) is 23.0. The first-order valence-electron chi connectivity index (χ1n) is 9.58. The van der Waals surface area contributed by atoms with Gasteiger partial charge in [0.15, 0.2) is 0 Å². The number of carbonyl (C=O) groups is 1. The van der Waals surface area contributed by atoms with Crippen LogP contribution in [-0.4, -0.2) is 20.6 Å². The van der Waals surface area contributed by atoms with Crippen molar-refractivity contribution in [3.8, 4) is 6.07 Å². The lowest BCUT2D eigenvalue weighted by atomic mass is 9.92. The highest BCUT2D eigenvalue weighted by molar-refractivity contribution is 5.93. The molecule has 4 rings (SSSR count). The fraction of sp³-hybridized carbons (Fsp3) is 0.318. The van der Waals surface area contributed by atoms with Crippen LogP contribution < -0.4 is 5.32 Å². The highest BCUT2D eigenvalue weighted by Crippen LogP contribution is 2.38. The van der Waals surface area contributed by atoms with Gasteiger partial charge in [-0.05, 0) is 37.8 Å². The molecule has 1 unspecified atom stereocenters. The van der Waals surface area contributed by atoms with E-state index in [9.17, 15) is 19.6 Å². The SMILES string of the molecule is CC(O)(CC(=O)Nc1nc2cc(F)cc(C#N)c2n1C1CCC1)c1ccccc1. The Hall–Kier alpha value is -3.24. The van der Waals surface area contributed by atoms with Crippen LogP contribution >= 0.6 is 0 Å². The smallest absolute Gasteiger partial charge is 0.229 e. The molecule has 0 aliphatic heterocycles. The lowest BCUT2D eigenvalue weighted by Gasteiger charge is -2.29. The maximum Gasteiger partial charge on any atom is 0.229 e. The van der Waals surface area contributed by atoms with Gasteiger partial charge in [0.05, 0.1) is 28.6 Å². The number of nitriles is 1. The molecule has 148 valence electrons. The number of benzene rings is 2. The second-order valence-electron chi connectivity index (χ2n) is 7.69. The van der Waals surface area contributed by atoms with Crippen LogP contribution in [0.4, 0.5) is 10.3 Å².